The molecule has 0 fully saturated rings. The molecule has 0 aliphatic carbocycles. The molecule has 10 heteroatoms. The van der Waals surface area contributed by atoms with Crippen LogP contribution in [0.3, 0.4) is 0 Å². The Morgan fingerprint density at radius 1 is 1.30 bits per heavy atom. The molecule has 2 aromatic heterocycles. The Morgan fingerprint density at radius 2 is 2.07 bits per heavy atom. The number of rotatable bonds is 8. The number of halogens is 1. The summed E-state index contributed by atoms with van der Waals surface area (Å²) in [5, 5.41) is 19.3. The minimum atomic E-state index is -0.653. The second-order valence-electron chi connectivity index (χ2n) is 5.70. The van der Waals surface area contributed by atoms with Gasteiger partial charge in [0.2, 0.25) is 11.9 Å². The van der Waals surface area contributed by atoms with Gasteiger partial charge < -0.3 is 21.5 Å². The van der Waals surface area contributed by atoms with E-state index in [4.69, 9.17) is 5.73 Å². The molecule has 0 saturated carbocycles. The topological polar surface area (TPSA) is 131 Å². The predicted molar refractivity (Wildman–Crippen MR) is 96.6 cm³/mol. The summed E-state index contributed by atoms with van der Waals surface area (Å²) in [5.41, 5.74) is 6.42. The SMILES string of the molecule is NC(=O)Cn1cc(Nc2ncc(F)c(NC(CO)c3ccccc3)n2)cn1. The molecule has 2 heterocycles. The Labute approximate surface area is 154 Å². The van der Waals surface area contributed by atoms with Crippen molar-refractivity contribution in [2.45, 2.75) is 12.6 Å². The summed E-state index contributed by atoms with van der Waals surface area (Å²) in [4.78, 5) is 18.9. The average Bonchev–Trinajstić information content (AvgIpc) is 3.09. The number of amides is 1. The van der Waals surface area contributed by atoms with E-state index in [2.05, 4.69) is 25.7 Å². The van der Waals surface area contributed by atoms with E-state index in [1.165, 1.54) is 10.9 Å². The van der Waals surface area contributed by atoms with E-state index < -0.39 is 17.8 Å². The molecule has 0 aliphatic heterocycles. The van der Waals surface area contributed by atoms with Crippen molar-refractivity contribution in [3.63, 3.8) is 0 Å². The summed E-state index contributed by atoms with van der Waals surface area (Å²) in [6.07, 6.45) is 4.03. The summed E-state index contributed by atoms with van der Waals surface area (Å²) in [7, 11) is 0. The fourth-order valence-corrected chi connectivity index (χ4v) is 2.42. The van der Waals surface area contributed by atoms with Crippen molar-refractivity contribution < 1.29 is 14.3 Å². The zero-order valence-corrected chi connectivity index (χ0v) is 14.2. The van der Waals surface area contributed by atoms with Gasteiger partial charge in [-0.15, -0.1) is 0 Å². The van der Waals surface area contributed by atoms with E-state index in [0.717, 1.165) is 11.8 Å². The largest absolute Gasteiger partial charge is 0.394 e. The first-order chi connectivity index (χ1) is 13.0. The van der Waals surface area contributed by atoms with Crippen molar-refractivity contribution >= 4 is 23.4 Å². The normalized spacial score (nSPS) is 11.8. The van der Waals surface area contributed by atoms with E-state index in [1.54, 1.807) is 6.20 Å². The van der Waals surface area contributed by atoms with Crippen LogP contribution < -0.4 is 16.4 Å². The molecule has 0 radical (unpaired) electrons. The van der Waals surface area contributed by atoms with Crippen LogP contribution >= 0.6 is 0 Å². The zero-order valence-electron chi connectivity index (χ0n) is 14.2. The molecule has 0 saturated heterocycles. The Balaban J connectivity index is 1.75. The number of hydrogen-bond acceptors (Lipinski definition) is 7. The molecule has 1 amide bonds. The van der Waals surface area contributed by atoms with Crippen LogP contribution in [0.4, 0.5) is 21.8 Å². The molecule has 1 aromatic carbocycles. The number of aromatic nitrogens is 4. The van der Waals surface area contributed by atoms with E-state index in [9.17, 15) is 14.3 Å². The molecule has 140 valence electrons. The predicted octanol–water partition coefficient (Wildman–Crippen LogP) is 1.19. The number of benzene rings is 1. The third-order valence-electron chi connectivity index (χ3n) is 3.65. The Morgan fingerprint density at radius 3 is 2.78 bits per heavy atom. The van der Waals surface area contributed by atoms with Crippen LogP contribution in [0.5, 0.6) is 0 Å². The Hall–Kier alpha value is -3.53. The van der Waals surface area contributed by atoms with Crippen molar-refractivity contribution in [1.82, 2.24) is 19.7 Å². The molecule has 0 bridgehead atoms. The molecule has 1 unspecified atom stereocenters. The third-order valence-corrected chi connectivity index (χ3v) is 3.65. The van der Waals surface area contributed by atoms with Gasteiger partial charge in [0.15, 0.2) is 11.6 Å². The van der Waals surface area contributed by atoms with E-state index in [1.807, 2.05) is 30.3 Å². The highest BCUT2D eigenvalue weighted by Crippen LogP contribution is 2.21. The summed E-state index contributed by atoms with van der Waals surface area (Å²) >= 11 is 0. The fraction of sp³-hybridized carbons (Fsp3) is 0.176. The zero-order chi connectivity index (χ0) is 19.2. The van der Waals surface area contributed by atoms with Crippen LogP contribution in [-0.2, 0) is 11.3 Å². The first kappa shape index (κ1) is 18.3. The van der Waals surface area contributed by atoms with Crippen molar-refractivity contribution in [1.29, 1.82) is 0 Å². The number of aliphatic hydroxyl groups excluding tert-OH is 1. The van der Waals surface area contributed by atoms with Gasteiger partial charge in [-0.2, -0.15) is 10.1 Å². The van der Waals surface area contributed by atoms with Crippen molar-refractivity contribution in [2.75, 3.05) is 17.2 Å². The van der Waals surface area contributed by atoms with E-state index >= 15 is 0 Å². The van der Waals surface area contributed by atoms with Gasteiger partial charge in [-0.05, 0) is 5.56 Å². The number of carbonyl (C=O) groups excluding carboxylic acids is 1. The lowest BCUT2D eigenvalue weighted by atomic mass is 10.1. The molecular formula is C17H18FN7O2. The second kappa shape index (κ2) is 8.23. The van der Waals surface area contributed by atoms with E-state index in [0.29, 0.717) is 5.69 Å². The molecule has 3 aromatic rings. The molecule has 0 aliphatic rings. The van der Waals surface area contributed by atoms with Gasteiger partial charge in [0.25, 0.3) is 0 Å². The summed E-state index contributed by atoms with van der Waals surface area (Å²) in [6, 6.07) is 8.61. The minimum absolute atomic E-state index is 0.0556. The maximum Gasteiger partial charge on any atom is 0.239 e. The Kier molecular flexibility index (Phi) is 5.57. The first-order valence-electron chi connectivity index (χ1n) is 8.08. The van der Waals surface area contributed by atoms with Crippen LogP contribution in [-0.4, -0.2) is 37.4 Å². The second-order valence-corrected chi connectivity index (χ2v) is 5.70. The standard InChI is InChI=1S/C17H18FN7O2/c18-13-7-20-17(22-12-6-21-25(8-12)9-15(19)27)24-16(13)23-14(10-26)11-4-2-1-3-5-11/h1-8,14,26H,9-10H2,(H2,19,27)(H2,20,22,23,24). The molecule has 9 nitrogen and oxygen atoms in total. The van der Waals surface area contributed by atoms with Gasteiger partial charge in [-0.3, -0.25) is 9.48 Å². The number of hydrogen-bond donors (Lipinski definition) is 4. The van der Waals surface area contributed by atoms with Crippen LogP contribution in [0.1, 0.15) is 11.6 Å². The number of primary amides is 1. The van der Waals surface area contributed by atoms with Crippen molar-refractivity contribution in [3.8, 4) is 0 Å². The van der Waals surface area contributed by atoms with Gasteiger partial charge in [0.05, 0.1) is 30.7 Å². The number of nitrogens with one attached hydrogen (secondary N) is 2. The molecule has 5 N–H and O–H groups in total. The lowest BCUT2D eigenvalue weighted by Gasteiger charge is -2.18. The van der Waals surface area contributed by atoms with Crippen LogP contribution in [0, 0.1) is 5.82 Å². The number of nitrogens with zero attached hydrogens (tertiary/aromatic N) is 4. The Bertz CT molecular complexity index is 917. The lowest BCUT2D eigenvalue weighted by Crippen LogP contribution is -2.18. The maximum absolute atomic E-state index is 14.1. The fourth-order valence-electron chi connectivity index (χ4n) is 2.42. The molecule has 0 spiro atoms. The number of carbonyl (C=O) groups is 1. The van der Waals surface area contributed by atoms with Crippen LogP contribution in [0.2, 0.25) is 0 Å². The highest BCUT2D eigenvalue weighted by atomic mass is 19.1. The number of anilines is 3. The maximum atomic E-state index is 14.1. The van der Waals surface area contributed by atoms with Gasteiger partial charge in [0, 0.05) is 6.20 Å². The lowest BCUT2D eigenvalue weighted by molar-refractivity contribution is -0.118. The molecular weight excluding hydrogens is 353 g/mol. The number of nitrogens with two attached hydrogens (primary N) is 1. The highest BCUT2D eigenvalue weighted by Gasteiger charge is 2.15. The van der Waals surface area contributed by atoms with Gasteiger partial charge in [0.1, 0.15) is 6.54 Å². The molecule has 3 rings (SSSR count). The number of aliphatic hydroxyl groups is 1. The quantitative estimate of drug-likeness (QED) is 0.468. The summed E-state index contributed by atoms with van der Waals surface area (Å²) in [6.45, 7) is -0.301. The summed E-state index contributed by atoms with van der Waals surface area (Å²) < 4.78 is 15.5. The van der Waals surface area contributed by atoms with Crippen LogP contribution in [0.15, 0.2) is 48.9 Å². The minimum Gasteiger partial charge on any atom is -0.394 e. The highest BCUT2D eigenvalue weighted by molar-refractivity contribution is 5.73. The van der Waals surface area contributed by atoms with Crippen molar-refractivity contribution in [2.24, 2.45) is 5.73 Å². The monoisotopic (exact) mass is 371 g/mol. The van der Waals surface area contributed by atoms with Gasteiger partial charge in [-0.1, -0.05) is 30.3 Å². The smallest absolute Gasteiger partial charge is 0.239 e. The third kappa shape index (κ3) is 4.76. The molecule has 1 atom stereocenters. The van der Waals surface area contributed by atoms with Crippen LogP contribution in [0.25, 0.3) is 0 Å². The van der Waals surface area contributed by atoms with Gasteiger partial charge >= 0.3 is 0 Å². The van der Waals surface area contributed by atoms with Gasteiger partial charge in [-0.25, -0.2) is 9.37 Å². The van der Waals surface area contributed by atoms with Crippen molar-refractivity contribution in [3.05, 3.63) is 60.3 Å². The summed E-state index contributed by atoms with van der Waals surface area (Å²) in [5.74, 6) is -1.10. The van der Waals surface area contributed by atoms with E-state index in [-0.39, 0.29) is 24.9 Å². The molecule has 27 heavy (non-hydrogen) atoms. The average molecular weight is 371 g/mol. The first-order valence-corrected chi connectivity index (χ1v) is 8.08.